The van der Waals surface area contributed by atoms with Gasteiger partial charge in [0.1, 0.15) is 30.2 Å². The van der Waals surface area contributed by atoms with Crippen molar-refractivity contribution in [3.63, 3.8) is 0 Å². The fourth-order valence-electron chi connectivity index (χ4n) is 4.39. The van der Waals surface area contributed by atoms with Crippen molar-refractivity contribution in [3.8, 4) is 0 Å². The van der Waals surface area contributed by atoms with Gasteiger partial charge in [0, 0.05) is 18.3 Å². The molecule has 0 saturated heterocycles. The molecular weight excluding hydrogens is 706 g/mol. The zero-order valence-electron chi connectivity index (χ0n) is 29.6. The molecule has 296 valence electrons. The summed E-state index contributed by atoms with van der Waals surface area (Å²) in [6.07, 6.45) is 2.17. The highest BCUT2D eigenvalue weighted by atomic mass is 16.4. The number of carboxylic acids is 1. The lowest BCUT2D eigenvalue weighted by atomic mass is 10.0. The van der Waals surface area contributed by atoms with Gasteiger partial charge in [-0.1, -0.05) is 27.7 Å². The molecule has 1 rings (SSSR count). The van der Waals surface area contributed by atoms with Gasteiger partial charge in [-0.2, -0.15) is 0 Å². The van der Waals surface area contributed by atoms with Crippen LogP contribution in [-0.4, -0.2) is 141 Å². The minimum absolute atomic E-state index is 0.0978. The molecule has 23 nitrogen and oxygen atoms in total. The molecule has 1 aromatic rings. The summed E-state index contributed by atoms with van der Waals surface area (Å²) in [5, 5.41) is 44.2. The number of carbonyl (C=O) groups excluding carboxylic acids is 8. The van der Waals surface area contributed by atoms with E-state index in [2.05, 4.69) is 47.2 Å². The zero-order valence-corrected chi connectivity index (χ0v) is 29.6. The van der Waals surface area contributed by atoms with Gasteiger partial charge in [0.15, 0.2) is 0 Å². The normalized spacial score (nSPS) is 14.4. The monoisotopic (exact) mass is 755 g/mol. The van der Waals surface area contributed by atoms with Crippen molar-refractivity contribution in [1.82, 2.24) is 47.2 Å². The Morgan fingerprint density at radius 3 is 1.72 bits per heavy atom. The van der Waals surface area contributed by atoms with E-state index < -0.39 is 134 Å². The van der Waals surface area contributed by atoms with Crippen LogP contribution in [0, 0.1) is 11.8 Å². The average Bonchev–Trinajstić information content (AvgIpc) is 3.60. The maximum Gasteiger partial charge on any atom is 0.326 e. The number of imidazole rings is 1. The number of aliphatic carboxylic acids is 1. The third-order valence-corrected chi connectivity index (χ3v) is 7.37. The first kappa shape index (κ1) is 45.3. The van der Waals surface area contributed by atoms with Crippen molar-refractivity contribution in [2.45, 2.75) is 76.8 Å². The Hall–Kier alpha value is -5.68. The van der Waals surface area contributed by atoms with E-state index in [-0.39, 0.29) is 6.42 Å². The molecule has 53 heavy (non-hydrogen) atoms. The Labute approximate surface area is 303 Å². The van der Waals surface area contributed by atoms with E-state index in [9.17, 15) is 58.5 Å². The third kappa shape index (κ3) is 16.0. The number of carboxylic acid groups (broad SMARTS) is 1. The smallest absolute Gasteiger partial charge is 0.326 e. The molecule has 1 aromatic heterocycles. The number of aromatic amines is 1. The number of amides is 8. The molecule has 15 N–H and O–H groups in total. The summed E-state index contributed by atoms with van der Waals surface area (Å²) >= 11 is 0. The van der Waals surface area contributed by atoms with Gasteiger partial charge in [-0.3, -0.25) is 38.4 Å². The highest BCUT2D eigenvalue weighted by Crippen LogP contribution is 2.06. The lowest BCUT2D eigenvalue weighted by Crippen LogP contribution is -2.59. The molecule has 0 spiro atoms. The summed E-state index contributed by atoms with van der Waals surface area (Å²) < 4.78 is 0. The van der Waals surface area contributed by atoms with E-state index in [0.29, 0.717) is 5.69 Å². The number of nitrogens with zero attached hydrogens (tertiary/aromatic N) is 1. The summed E-state index contributed by atoms with van der Waals surface area (Å²) in [4.78, 5) is 118. The van der Waals surface area contributed by atoms with Gasteiger partial charge in [0.25, 0.3) is 0 Å². The van der Waals surface area contributed by atoms with Gasteiger partial charge < -0.3 is 69.0 Å². The second-order valence-electron chi connectivity index (χ2n) is 12.5. The Morgan fingerprint density at radius 1 is 0.698 bits per heavy atom. The zero-order chi connectivity index (χ0) is 40.4. The van der Waals surface area contributed by atoms with Crippen LogP contribution in [-0.2, 0) is 49.6 Å². The average molecular weight is 756 g/mol. The van der Waals surface area contributed by atoms with Crippen LogP contribution in [0.4, 0.5) is 0 Å². The van der Waals surface area contributed by atoms with E-state index in [1.807, 2.05) is 0 Å². The van der Waals surface area contributed by atoms with Crippen LogP contribution in [0.3, 0.4) is 0 Å². The summed E-state index contributed by atoms with van der Waals surface area (Å²) in [5.41, 5.74) is 11.2. The lowest BCUT2D eigenvalue weighted by molar-refractivity contribution is -0.144. The van der Waals surface area contributed by atoms with Crippen molar-refractivity contribution in [2.75, 3.05) is 26.3 Å². The molecule has 0 radical (unpaired) electrons. The minimum atomic E-state index is -1.64. The first-order valence-electron chi connectivity index (χ1n) is 16.3. The Balaban J connectivity index is 2.75. The van der Waals surface area contributed by atoms with E-state index in [4.69, 9.17) is 11.5 Å². The molecule has 0 bridgehead atoms. The molecule has 0 aromatic carbocycles. The third-order valence-electron chi connectivity index (χ3n) is 7.37. The highest BCUT2D eigenvalue weighted by molar-refractivity contribution is 5.96. The number of carbonyl (C=O) groups is 9. The second-order valence-corrected chi connectivity index (χ2v) is 12.5. The SMILES string of the molecule is CC(C)[C@H](NC(=O)[C@H](CO)NC(=O)[C@H](CO)NC(=O)CNC(=O)CNC(=O)[C@@H](NC(=O)[C@H](Cc1cnc[nH]1)NC(=O)[C@@H](N)CC(N)=O)C(C)C)C(=O)O. The molecule has 6 atom stereocenters. The topological polar surface area (TPSA) is 379 Å². The molecule has 0 saturated carbocycles. The van der Waals surface area contributed by atoms with Crippen LogP contribution in [0.25, 0.3) is 0 Å². The first-order valence-corrected chi connectivity index (χ1v) is 16.3. The number of hydrogen-bond acceptors (Lipinski definition) is 13. The summed E-state index contributed by atoms with van der Waals surface area (Å²) in [7, 11) is 0. The molecule has 0 unspecified atom stereocenters. The highest BCUT2D eigenvalue weighted by Gasteiger charge is 2.32. The number of aliphatic hydroxyl groups excluding tert-OH is 2. The maximum atomic E-state index is 13.2. The van der Waals surface area contributed by atoms with E-state index in [1.165, 1.54) is 26.4 Å². The summed E-state index contributed by atoms with van der Waals surface area (Å²) in [6.45, 7) is 2.97. The number of aromatic nitrogens is 2. The molecule has 23 heteroatoms. The van der Waals surface area contributed by atoms with Gasteiger partial charge in [-0.05, 0) is 11.8 Å². The fraction of sp³-hybridized carbons (Fsp3) is 0.600. The number of hydrogen-bond donors (Lipinski definition) is 13. The van der Waals surface area contributed by atoms with Gasteiger partial charge in [0.2, 0.25) is 47.3 Å². The van der Waals surface area contributed by atoms with E-state index in [0.717, 1.165) is 0 Å². The maximum absolute atomic E-state index is 13.2. The van der Waals surface area contributed by atoms with Gasteiger partial charge >= 0.3 is 5.97 Å². The van der Waals surface area contributed by atoms with Crippen LogP contribution in [0.1, 0.15) is 39.8 Å². The van der Waals surface area contributed by atoms with Gasteiger partial charge in [-0.15, -0.1) is 0 Å². The lowest BCUT2D eigenvalue weighted by Gasteiger charge is -2.25. The first-order chi connectivity index (χ1) is 24.8. The Bertz CT molecular complexity index is 1450. The van der Waals surface area contributed by atoms with Crippen LogP contribution >= 0.6 is 0 Å². The van der Waals surface area contributed by atoms with Gasteiger partial charge in [0.05, 0.1) is 45.1 Å². The molecule has 8 amide bonds. The quantitative estimate of drug-likeness (QED) is 0.0494. The molecule has 1 heterocycles. The van der Waals surface area contributed by atoms with Crippen molar-refractivity contribution in [3.05, 3.63) is 18.2 Å². The molecule has 0 fully saturated rings. The van der Waals surface area contributed by atoms with Crippen molar-refractivity contribution < 1.29 is 58.5 Å². The van der Waals surface area contributed by atoms with Crippen molar-refractivity contribution in [2.24, 2.45) is 23.3 Å². The predicted molar refractivity (Wildman–Crippen MR) is 181 cm³/mol. The number of nitrogens with one attached hydrogen (secondary N) is 8. The van der Waals surface area contributed by atoms with Crippen LogP contribution in [0.5, 0.6) is 0 Å². The van der Waals surface area contributed by atoms with Crippen LogP contribution in [0.2, 0.25) is 0 Å². The molecular formula is C30H49N11O12. The second kappa shape index (κ2) is 22.3. The van der Waals surface area contributed by atoms with E-state index >= 15 is 0 Å². The summed E-state index contributed by atoms with van der Waals surface area (Å²) in [6, 6.07) is -8.42. The molecule has 0 aliphatic carbocycles. The minimum Gasteiger partial charge on any atom is -0.480 e. The largest absolute Gasteiger partial charge is 0.480 e. The Morgan fingerprint density at radius 2 is 1.21 bits per heavy atom. The van der Waals surface area contributed by atoms with Crippen LogP contribution < -0.4 is 48.7 Å². The fourth-order valence-corrected chi connectivity index (χ4v) is 4.39. The Kier molecular flexibility index (Phi) is 19.1. The predicted octanol–water partition coefficient (Wildman–Crippen LogP) is -6.81. The van der Waals surface area contributed by atoms with Crippen LogP contribution in [0.15, 0.2) is 12.5 Å². The number of H-pyrrole nitrogens is 1. The number of aliphatic hydroxyl groups is 2. The van der Waals surface area contributed by atoms with Crippen molar-refractivity contribution in [1.29, 1.82) is 0 Å². The molecule has 0 aliphatic rings. The van der Waals surface area contributed by atoms with Gasteiger partial charge in [-0.25, -0.2) is 9.78 Å². The number of rotatable bonds is 23. The number of primary amides is 1. The standard InChI is InChI=1S/C30H49N11O12/c1-13(2)23(40-26(48)17(5-15-7-33-12-36-15)38-25(47)16(31)6-20(32)44)29(51)35-8-21(45)34-9-22(46)37-18(10-42)27(49)39-19(11-43)28(50)41-24(14(3)4)30(52)53/h7,12-14,16-19,23-24,42-43H,5-6,8-11,31H2,1-4H3,(H2,32,44)(H,33,36)(H,34,45)(H,35,51)(H,37,46)(H,38,47)(H,39,49)(H,40,48)(H,41,50)(H,52,53)/t16-,17-,18-,19-,23-,24-/m0/s1. The van der Waals surface area contributed by atoms with E-state index in [1.54, 1.807) is 13.8 Å². The molecule has 0 aliphatic heterocycles. The van der Waals surface area contributed by atoms with Crippen molar-refractivity contribution >= 4 is 53.2 Å². The number of nitrogens with two attached hydrogens (primary N) is 2. The summed E-state index contributed by atoms with van der Waals surface area (Å²) in [5.74, 6) is -9.66.